The Bertz CT molecular complexity index is 573. The lowest BCUT2D eigenvalue weighted by molar-refractivity contribution is -0.174. The predicted molar refractivity (Wildman–Crippen MR) is 98.5 cm³/mol. The summed E-state index contributed by atoms with van der Waals surface area (Å²) in [6, 6.07) is 0. The summed E-state index contributed by atoms with van der Waals surface area (Å²) < 4.78 is 5.72. The Hall–Kier alpha value is -1.05. The van der Waals surface area contributed by atoms with Crippen LogP contribution in [0.5, 0.6) is 0 Å². The largest absolute Gasteiger partial charge is 0.462 e. The fraction of sp³-hybridized carbons (Fsp3) is 0.773. The minimum Gasteiger partial charge on any atom is -0.462 e. The zero-order chi connectivity index (χ0) is 17.8. The van der Waals surface area contributed by atoms with Gasteiger partial charge < -0.3 is 4.74 Å². The van der Waals surface area contributed by atoms with Gasteiger partial charge in [0.1, 0.15) is 6.10 Å². The zero-order valence-electron chi connectivity index (χ0n) is 16.2. The highest BCUT2D eigenvalue weighted by Gasteiger charge is 2.58. The van der Waals surface area contributed by atoms with Crippen molar-refractivity contribution in [2.45, 2.75) is 79.2 Å². The van der Waals surface area contributed by atoms with Crippen molar-refractivity contribution in [3.05, 3.63) is 24.3 Å². The monoisotopic (exact) mass is 330 g/mol. The SMILES string of the molecule is C=CC1(C)C=C2CCC3C(C)(C)C(OC(C)=O)CCC3(C)C2CC1. The zero-order valence-corrected chi connectivity index (χ0v) is 16.2. The summed E-state index contributed by atoms with van der Waals surface area (Å²) in [4.78, 5) is 11.5. The summed E-state index contributed by atoms with van der Waals surface area (Å²) in [7, 11) is 0. The average molecular weight is 331 g/mol. The van der Waals surface area contributed by atoms with Crippen molar-refractivity contribution in [3.8, 4) is 0 Å². The fourth-order valence-electron chi connectivity index (χ4n) is 6.30. The molecule has 2 heteroatoms. The standard InChI is InChI=1S/C22H34O2/c1-7-21(5)12-10-17-16(14-21)8-9-18-20(3,4)19(24-15(2)23)11-13-22(17,18)6/h7,14,17-19H,1,8-13H2,2-6H3. The van der Waals surface area contributed by atoms with E-state index in [9.17, 15) is 4.79 Å². The third-order valence-corrected chi connectivity index (χ3v) is 7.70. The number of carbonyl (C=O) groups is 1. The van der Waals surface area contributed by atoms with Crippen molar-refractivity contribution in [1.29, 1.82) is 0 Å². The number of ether oxygens (including phenoxy) is 1. The smallest absolute Gasteiger partial charge is 0.302 e. The number of hydrogen-bond acceptors (Lipinski definition) is 2. The molecule has 0 spiro atoms. The van der Waals surface area contributed by atoms with Gasteiger partial charge in [-0.2, -0.15) is 0 Å². The Labute approximate surface area is 147 Å². The molecule has 0 heterocycles. The molecule has 24 heavy (non-hydrogen) atoms. The summed E-state index contributed by atoms with van der Waals surface area (Å²) in [6.07, 6.45) is 11.8. The van der Waals surface area contributed by atoms with Crippen LogP contribution in [0.4, 0.5) is 0 Å². The number of rotatable bonds is 2. The van der Waals surface area contributed by atoms with Crippen LogP contribution in [-0.2, 0) is 9.53 Å². The van der Waals surface area contributed by atoms with Crippen LogP contribution < -0.4 is 0 Å². The third-order valence-electron chi connectivity index (χ3n) is 7.70. The maximum atomic E-state index is 11.5. The van der Waals surface area contributed by atoms with Crippen LogP contribution in [0.2, 0.25) is 0 Å². The molecule has 3 aliphatic carbocycles. The molecule has 0 radical (unpaired) electrons. The quantitative estimate of drug-likeness (QED) is 0.481. The fourth-order valence-corrected chi connectivity index (χ4v) is 6.30. The molecule has 2 nitrogen and oxygen atoms in total. The lowest BCUT2D eigenvalue weighted by Gasteiger charge is -2.61. The summed E-state index contributed by atoms with van der Waals surface area (Å²) >= 11 is 0. The van der Waals surface area contributed by atoms with Gasteiger partial charge in [0.2, 0.25) is 0 Å². The molecule has 3 rings (SSSR count). The predicted octanol–water partition coefficient (Wildman–Crippen LogP) is 5.68. The molecule has 0 bridgehead atoms. The van der Waals surface area contributed by atoms with Crippen LogP contribution in [-0.4, -0.2) is 12.1 Å². The topological polar surface area (TPSA) is 26.3 Å². The molecule has 0 aromatic carbocycles. The van der Waals surface area contributed by atoms with Crippen molar-refractivity contribution in [2.24, 2.45) is 28.1 Å². The summed E-state index contributed by atoms with van der Waals surface area (Å²) in [6.45, 7) is 15.1. The summed E-state index contributed by atoms with van der Waals surface area (Å²) in [5.74, 6) is 1.19. The molecule has 5 atom stereocenters. The highest BCUT2D eigenvalue weighted by Crippen LogP contribution is 2.64. The van der Waals surface area contributed by atoms with Gasteiger partial charge in [0.25, 0.3) is 0 Å². The van der Waals surface area contributed by atoms with E-state index in [-0.39, 0.29) is 22.9 Å². The molecule has 0 N–H and O–H groups in total. The van der Waals surface area contributed by atoms with Crippen LogP contribution >= 0.6 is 0 Å². The molecule has 0 aromatic rings. The van der Waals surface area contributed by atoms with Gasteiger partial charge in [0, 0.05) is 17.8 Å². The van der Waals surface area contributed by atoms with E-state index in [4.69, 9.17) is 4.74 Å². The second-order valence-corrected chi connectivity index (χ2v) is 9.58. The first kappa shape index (κ1) is 17.8. The van der Waals surface area contributed by atoms with Gasteiger partial charge in [-0.15, -0.1) is 6.58 Å². The van der Waals surface area contributed by atoms with Gasteiger partial charge in [-0.25, -0.2) is 0 Å². The van der Waals surface area contributed by atoms with Gasteiger partial charge in [-0.3, -0.25) is 4.79 Å². The van der Waals surface area contributed by atoms with E-state index in [1.807, 2.05) is 0 Å². The Morgan fingerprint density at radius 1 is 1.21 bits per heavy atom. The molecular formula is C22H34O2. The van der Waals surface area contributed by atoms with E-state index in [1.54, 1.807) is 12.5 Å². The molecule has 134 valence electrons. The van der Waals surface area contributed by atoms with E-state index < -0.39 is 0 Å². The number of allylic oxidation sites excluding steroid dienone is 3. The molecule has 2 saturated carbocycles. The minimum absolute atomic E-state index is 0.0589. The van der Waals surface area contributed by atoms with Gasteiger partial charge in [0.15, 0.2) is 0 Å². The van der Waals surface area contributed by atoms with Crippen LogP contribution in [0.1, 0.15) is 73.1 Å². The number of esters is 1. The number of carbonyl (C=O) groups excluding carboxylic acids is 1. The molecular weight excluding hydrogens is 296 g/mol. The maximum Gasteiger partial charge on any atom is 0.302 e. The minimum atomic E-state index is -0.132. The second-order valence-electron chi connectivity index (χ2n) is 9.58. The second kappa shape index (κ2) is 5.75. The normalized spacial score (nSPS) is 43.9. The van der Waals surface area contributed by atoms with Crippen molar-refractivity contribution in [1.82, 2.24) is 0 Å². The van der Waals surface area contributed by atoms with Crippen LogP contribution in [0.15, 0.2) is 24.3 Å². The van der Waals surface area contributed by atoms with Gasteiger partial charge in [0.05, 0.1) is 0 Å². The van der Waals surface area contributed by atoms with Crippen molar-refractivity contribution in [2.75, 3.05) is 0 Å². The summed E-state index contributed by atoms with van der Waals surface area (Å²) in [5, 5.41) is 0. The van der Waals surface area contributed by atoms with Crippen LogP contribution in [0, 0.1) is 28.1 Å². The molecule has 5 unspecified atom stereocenters. The van der Waals surface area contributed by atoms with Crippen molar-refractivity contribution < 1.29 is 9.53 Å². The van der Waals surface area contributed by atoms with Crippen LogP contribution in [0.25, 0.3) is 0 Å². The maximum absolute atomic E-state index is 11.5. The van der Waals surface area contributed by atoms with Crippen molar-refractivity contribution >= 4 is 5.97 Å². The highest BCUT2D eigenvalue weighted by atomic mass is 16.5. The first-order valence-electron chi connectivity index (χ1n) is 9.65. The highest BCUT2D eigenvalue weighted by molar-refractivity contribution is 5.66. The van der Waals surface area contributed by atoms with Crippen LogP contribution in [0.3, 0.4) is 0 Å². The van der Waals surface area contributed by atoms with Gasteiger partial charge in [-0.1, -0.05) is 45.4 Å². The lowest BCUT2D eigenvalue weighted by Crippen LogP contribution is -2.56. The summed E-state index contributed by atoms with van der Waals surface area (Å²) in [5.41, 5.74) is 2.25. The average Bonchev–Trinajstić information content (AvgIpc) is 2.49. The van der Waals surface area contributed by atoms with E-state index in [0.29, 0.717) is 17.3 Å². The lowest BCUT2D eigenvalue weighted by atomic mass is 9.45. The van der Waals surface area contributed by atoms with E-state index in [2.05, 4.69) is 46.4 Å². The Morgan fingerprint density at radius 2 is 1.92 bits per heavy atom. The van der Waals surface area contributed by atoms with E-state index in [0.717, 1.165) is 6.42 Å². The van der Waals surface area contributed by atoms with E-state index >= 15 is 0 Å². The van der Waals surface area contributed by atoms with Gasteiger partial charge >= 0.3 is 5.97 Å². The first-order valence-corrected chi connectivity index (χ1v) is 9.65. The molecule has 0 saturated heterocycles. The third kappa shape index (κ3) is 2.66. The van der Waals surface area contributed by atoms with E-state index in [1.165, 1.54) is 32.1 Å². The Kier molecular flexibility index (Phi) is 4.25. The Morgan fingerprint density at radius 3 is 2.54 bits per heavy atom. The molecule has 0 aromatic heterocycles. The number of hydrogen-bond donors (Lipinski definition) is 0. The molecule has 2 fully saturated rings. The van der Waals surface area contributed by atoms with Crippen molar-refractivity contribution in [3.63, 3.8) is 0 Å². The molecule has 3 aliphatic rings. The molecule has 0 amide bonds. The van der Waals surface area contributed by atoms with Gasteiger partial charge in [-0.05, 0) is 55.8 Å². The number of fused-ring (bicyclic) bond motifs is 3. The Balaban J connectivity index is 1.91. The first-order chi connectivity index (χ1) is 11.1. The molecule has 0 aliphatic heterocycles.